The predicted molar refractivity (Wildman–Crippen MR) is 84.6 cm³/mol. The van der Waals surface area contributed by atoms with Gasteiger partial charge in [-0.3, -0.25) is 0 Å². The molecule has 0 saturated carbocycles. The second-order valence-corrected chi connectivity index (χ2v) is 5.67. The molecular formula is C16H15Cl2NO2. The van der Waals surface area contributed by atoms with Gasteiger partial charge in [0.1, 0.15) is 6.61 Å². The summed E-state index contributed by atoms with van der Waals surface area (Å²) in [5, 5.41) is 4.34. The Kier molecular flexibility index (Phi) is 4.24. The fraction of sp³-hybridized carbons (Fsp3) is 0.250. The molecule has 2 unspecified atom stereocenters. The average Bonchev–Trinajstić information content (AvgIpc) is 2.51. The number of benzene rings is 2. The maximum atomic E-state index is 6.10. The summed E-state index contributed by atoms with van der Waals surface area (Å²) in [5.41, 5.74) is 1.01. The van der Waals surface area contributed by atoms with E-state index in [1.54, 1.807) is 6.07 Å². The molecule has 0 bridgehead atoms. The van der Waals surface area contributed by atoms with Crippen LogP contribution < -0.4 is 14.8 Å². The van der Waals surface area contributed by atoms with Gasteiger partial charge in [0, 0.05) is 0 Å². The maximum Gasteiger partial charge on any atom is 0.161 e. The van der Waals surface area contributed by atoms with Crippen molar-refractivity contribution >= 4 is 23.2 Å². The van der Waals surface area contributed by atoms with Crippen LogP contribution in [0.2, 0.25) is 10.0 Å². The molecule has 1 N–H and O–H groups in total. The first-order valence-corrected chi connectivity index (χ1v) is 7.45. The number of ether oxygens (including phenoxy) is 2. The minimum Gasteiger partial charge on any atom is -0.486 e. The van der Waals surface area contributed by atoms with Crippen LogP contribution >= 0.6 is 23.2 Å². The van der Waals surface area contributed by atoms with Crippen molar-refractivity contribution in [3.63, 3.8) is 0 Å². The van der Waals surface area contributed by atoms with Crippen LogP contribution in [-0.4, -0.2) is 19.8 Å². The van der Waals surface area contributed by atoms with Gasteiger partial charge in [-0.25, -0.2) is 0 Å². The Morgan fingerprint density at radius 3 is 2.57 bits per heavy atom. The molecular weight excluding hydrogens is 309 g/mol. The number of likely N-dealkylation sites (N-methyl/N-ethyl adjacent to an activating group) is 1. The number of hydrogen-bond acceptors (Lipinski definition) is 3. The van der Waals surface area contributed by atoms with Crippen molar-refractivity contribution in [2.24, 2.45) is 0 Å². The van der Waals surface area contributed by atoms with Crippen molar-refractivity contribution in [2.45, 2.75) is 12.1 Å². The van der Waals surface area contributed by atoms with E-state index in [9.17, 15) is 0 Å². The minimum atomic E-state index is -0.137. The third-order valence-corrected chi connectivity index (χ3v) is 4.26. The summed E-state index contributed by atoms with van der Waals surface area (Å²) >= 11 is 12.1. The Balaban J connectivity index is 1.86. The standard InChI is InChI=1S/C16H15Cl2NO2/c1-19-16(10-6-7-11(17)12(18)8-10)15-9-20-13-4-2-3-5-14(13)21-15/h2-8,15-16,19H,9H2,1H3. The van der Waals surface area contributed by atoms with Gasteiger partial charge >= 0.3 is 0 Å². The average molecular weight is 324 g/mol. The zero-order chi connectivity index (χ0) is 14.8. The van der Waals surface area contributed by atoms with E-state index in [0.29, 0.717) is 16.7 Å². The molecule has 3 rings (SSSR count). The van der Waals surface area contributed by atoms with E-state index in [2.05, 4.69) is 5.32 Å². The normalized spacial score (nSPS) is 18.3. The van der Waals surface area contributed by atoms with Crippen molar-refractivity contribution in [2.75, 3.05) is 13.7 Å². The molecule has 0 spiro atoms. The lowest BCUT2D eigenvalue weighted by Crippen LogP contribution is -2.40. The molecule has 110 valence electrons. The van der Waals surface area contributed by atoms with Gasteiger partial charge < -0.3 is 14.8 Å². The Morgan fingerprint density at radius 1 is 1.10 bits per heavy atom. The largest absolute Gasteiger partial charge is 0.486 e. The first kappa shape index (κ1) is 14.5. The van der Waals surface area contributed by atoms with Crippen molar-refractivity contribution in [3.8, 4) is 11.5 Å². The van der Waals surface area contributed by atoms with Crippen molar-refractivity contribution in [1.82, 2.24) is 5.32 Å². The van der Waals surface area contributed by atoms with Crippen molar-refractivity contribution in [3.05, 3.63) is 58.1 Å². The lowest BCUT2D eigenvalue weighted by Gasteiger charge is -2.32. The smallest absolute Gasteiger partial charge is 0.161 e. The van der Waals surface area contributed by atoms with Gasteiger partial charge in [-0.1, -0.05) is 41.4 Å². The molecule has 0 aromatic heterocycles. The zero-order valence-electron chi connectivity index (χ0n) is 11.5. The molecule has 0 fully saturated rings. The Labute approximate surface area is 133 Å². The molecule has 1 aliphatic heterocycles. The fourth-order valence-electron chi connectivity index (χ4n) is 2.47. The monoisotopic (exact) mass is 323 g/mol. The second-order valence-electron chi connectivity index (χ2n) is 4.85. The van der Waals surface area contributed by atoms with Crippen LogP contribution in [0.1, 0.15) is 11.6 Å². The topological polar surface area (TPSA) is 30.5 Å². The molecule has 21 heavy (non-hydrogen) atoms. The lowest BCUT2D eigenvalue weighted by molar-refractivity contribution is 0.0638. The van der Waals surface area contributed by atoms with Gasteiger partial charge in [0.2, 0.25) is 0 Å². The summed E-state index contributed by atoms with van der Waals surface area (Å²) in [6, 6.07) is 13.2. The highest BCUT2D eigenvalue weighted by Crippen LogP contribution is 2.35. The van der Waals surface area contributed by atoms with Gasteiger partial charge in [0.25, 0.3) is 0 Å². The number of halogens is 2. The number of hydrogen-bond donors (Lipinski definition) is 1. The molecule has 2 atom stereocenters. The van der Waals surface area contributed by atoms with E-state index in [1.807, 2.05) is 43.4 Å². The summed E-state index contributed by atoms with van der Waals surface area (Å²) < 4.78 is 11.8. The maximum absolute atomic E-state index is 6.10. The van der Waals surface area contributed by atoms with E-state index in [-0.39, 0.29) is 12.1 Å². The third-order valence-electron chi connectivity index (χ3n) is 3.52. The zero-order valence-corrected chi connectivity index (χ0v) is 13.0. The second kappa shape index (κ2) is 6.14. The summed E-state index contributed by atoms with van der Waals surface area (Å²) in [4.78, 5) is 0. The summed E-state index contributed by atoms with van der Waals surface area (Å²) in [6.07, 6.45) is -0.137. The molecule has 2 aromatic carbocycles. The fourth-order valence-corrected chi connectivity index (χ4v) is 2.78. The number of para-hydroxylation sites is 2. The first-order chi connectivity index (χ1) is 10.2. The SMILES string of the molecule is CNC(c1ccc(Cl)c(Cl)c1)C1COc2ccccc2O1. The van der Waals surface area contributed by atoms with Gasteiger partial charge in [0.05, 0.1) is 16.1 Å². The van der Waals surface area contributed by atoms with Crippen molar-refractivity contribution in [1.29, 1.82) is 0 Å². The molecule has 2 aromatic rings. The van der Waals surface area contributed by atoms with Crippen LogP contribution in [0, 0.1) is 0 Å². The van der Waals surface area contributed by atoms with Crippen LogP contribution in [-0.2, 0) is 0 Å². The van der Waals surface area contributed by atoms with Gasteiger partial charge in [-0.2, -0.15) is 0 Å². The van der Waals surface area contributed by atoms with Crippen LogP contribution in [0.3, 0.4) is 0 Å². The molecule has 0 aliphatic carbocycles. The number of fused-ring (bicyclic) bond motifs is 1. The predicted octanol–water partition coefficient (Wildman–Crippen LogP) is 4.09. The third kappa shape index (κ3) is 2.95. The molecule has 1 aliphatic rings. The van der Waals surface area contributed by atoms with Crippen LogP contribution in [0.4, 0.5) is 0 Å². The Hall–Kier alpha value is -1.42. The molecule has 0 saturated heterocycles. The summed E-state index contributed by atoms with van der Waals surface area (Å²) in [5.74, 6) is 1.53. The van der Waals surface area contributed by atoms with Crippen LogP contribution in [0.5, 0.6) is 11.5 Å². The highest BCUT2D eigenvalue weighted by Gasteiger charge is 2.29. The molecule has 1 heterocycles. The molecule has 0 radical (unpaired) electrons. The summed E-state index contributed by atoms with van der Waals surface area (Å²) in [7, 11) is 1.89. The van der Waals surface area contributed by atoms with E-state index in [4.69, 9.17) is 32.7 Å². The van der Waals surface area contributed by atoms with Crippen LogP contribution in [0.25, 0.3) is 0 Å². The van der Waals surface area contributed by atoms with Crippen molar-refractivity contribution < 1.29 is 9.47 Å². The molecule has 0 amide bonds. The molecule has 3 nitrogen and oxygen atoms in total. The highest BCUT2D eigenvalue weighted by atomic mass is 35.5. The van der Waals surface area contributed by atoms with Crippen LogP contribution in [0.15, 0.2) is 42.5 Å². The van der Waals surface area contributed by atoms with E-state index < -0.39 is 0 Å². The number of rotatable bonds is 3. The van der Waals surface area contributed by atoms with Gasteiger partial charge in [0.15, 0.2) is 17.6 Å². The van der Waals surface area contributed by atoms with E-state index in [1.165, 1.54) is 0 Å². The minimum absolute atomic E-state index is 0.0341. The summed E-state index contributed by atoms with van der Waals surface area (Å²) in [6.45, 7) is 0.475. The van der Waals surface area contributed by atoms with Gasteiger partial charge in [-0.15, -0.1) is 0 Å². The van der Waals surface area contributed by atoms with E-state index >= 15 is 0 Å². The van der Waals surface area contributed by atoms with Gasteiger partial charge in [-0.05, 0) is 36.9 Å². The lowest BCUT2D eigenvalue weighted by atomic mass is 10.0. The Morgan fingerprint density at radius 2 is 1.86 bits per heavy atom. The quantitative estimate of drug-likeness (QED) is 0.922. The van der Waals surface area contributed by atoms with E-state index in [0.717, 1.165) is 17.1 Å². The number of nitrogens with one attached hydrogen (secondary N) is 1. The first-order valence-electron chi connectivity index (χ1n) is 6.69. The Bertz CT molecular complexity index is 648. The highest BCUT2D eigenvalue weighted by molar-refractivity contribution is 6.42. The molecule has 5 heteroatoms.